The number of alkyl carbamates (subject to hydrolysis) is 1. The molecule has 0 radical (unpaired) electrons. The van der Waals surface area contributed by atoms with Gasteiger partial charge >= 0.3 is 12.5 Å². The number of hydrogen-bond donors (Lipinski definition) is 2. The van der Waals surface area contributed by atoms with Crippen molar-refractivity contribution in [1.29, 1.82) is 0 Å². The van der Waals surface area contributed by atoms with Crippen LogP contribution in [-0.4, -0.2) is 29.1 Å². The Morgan fingerprint density at radius 3 is 2.56 bits per heavy atom. The van der Waals surface area contributed by atoms with Gasteiger partial charge in [-0.25, -0.2) is 9.78 Å². The van der Waals surface area contributed by atoms with Crippen molar-refractivity contribution < 1.29 is 27.4 Å². The molecule has 0 unspecified atom stereocenters. The summed E-state index contributed by atoms with van der Waals surface area (Å²) in [4.78, 5) is 15.3. The van der Waals surface area contributed by atoms with E-state index in [0.29, 0.717) is 24.8 Å². The van der Waals surface area contributed by atoms with Gasteiger partial charge in [0, 0.05) is 12.2 Å². The van der Waals surface area contributed by atoms with E-state index in [1.165, 1.54) is 12.3 Å². The number of aryl methyl sites for hydroxylation is 1. The highest BCUT2D eigenvalue weighted by molar-refractivity contribution is 5.68. The van der Waals surface area contributed by atoms with Crippen molar-refractivity contribution in [3.8, 4) is 5.75 Å². The van der Waals surface area contributed by atoms with E-state index in [9.17, 15) is 18.0 Å². The average Bonchev–Trinajstić information content (AvgIpc) is 2.38. The third-order valence-corrected chi connectivity index (χ3v) is 3.03. The van der Waals surface area contributed by atoms with Gasteiger partial charge < -0.3 is 20.5 Å². The molecule has 0 aromatic carbocycles. The van der Waals surface area contributed by atoms with Gasteiger partial charge in [-0.05, 0) is 58.6 Å². The smallest absolute Gasteiger partial charge is 0.444 e. The molecule has 1 heterocycles. The summed E-state index contributed by atoms with van der Waals surface area (Å²) in [5.74, 6) is -0.828. The largest absolute Gasteiger partial charge is 0.573 e. The number of carbonyl (C=O) groups is 1. The van der Waals surface area contributed by atoms with Gasteiger partial charge in [-0.1, -0.05) is 0 Å². The van der Waals surface area contributed by atoms with E-state index >= 15 is 0 Å². The number of ether oxygens (including phenoxy) is 2. The van der Waals surface area contributed by atoms with Crippen LogP contribution in [0.3, 0.4) is 0 Å². The molecule has 1 atom stereocenters. The van der Waals surface area contributed by atoms with Crippen molar-refractivity contribution in [2.45, 2.75) is 65.0 Å². The summed E-state index contributed by atoms with van der Waals surface area (Å²) < 4.78 is 45.9. The zero-order valence-corrected chi connectivity index (χ0v) is 14.7. The van der Waals surface area contributed by atoms with Gasteiger partial charge in [0.25, 0.3) is 0 Å². The van der Waals surface area contributed by atoms with Crippen molar-refractivity contribution in [3.63, 3.8) is 0 Å². The van der Waals surface area contributed by atoms with Crippen molar-refractivity contribution >= 4 is 11.9 Å². The minimum atomic E-state index is -4.82. The molecule has 0 fully saturated rings. The quantitative estimate of drug-likeness (QED) is 0.803. The number of nitrogens with two attached hydrogens (primary N) is 1. The Balaban J connectivity index is 2.48. The molecule has 0 aliphatic rings. The second-order valence-corrected chi connectivity index (χ2v) is 6.71. The molecule has 25 heavy (non-hydrogen) atoms. The molecular formula is C16H24F3N3O3. The first-order valence-corrected chi connectivity index (χ1v) is 7.85. The summed E-state index contributed by atoms with van der Waals surface area (Å²) >= 11 is 0. The molecule has 9 heteroatoms. The lowest BCUT2D eigenvalue weighted by Crippen LogP contribution is -2.37. The molecule has 0 saturated heterocycles. The van der Waals surface area contributed by atoms with Crippen molar-refractivity contribution in [1.82, 2.24) is 10.3 Å². The van der Waals surface area contributed by atoms with Gasteiger partial charge in [0.2, 0.25) is 0 Å². The Morgan fingerprint density at radius 2 is 2.00 bits per heavy atom. The van der Waals surface area contributed by atoms with E-state index < -0.39 is 23.8 Å². The lowest BCUT2D eigenvalue weighted by molar-refractivity contribution is -0.274. The molecule has 1 rings (SSSR count). The number of amides is 1. The molecule has 0 bridgehead atoms. The number of halogens is 3. The Labute approximate surface area is 144 Å². The number of nitrogens with zero attached hydrogens (tertiary/aromatic N) is 1. The minimum Gasteiger partial charge on any atom is -0.444 e. The molecule has 1 aromatic heterocycles. The molecule has 0 saturated carbocycles. The summed E-state index contributed by atoms with van der Waals surface area (Å²) in [6, 6.07) is 1.09. The van der Waals surface area contributed by atoms with Crippen LogP contribution in [0.4, 0.5) is 23.8 Å². The maximum atomic E-state index is 12.3. The van der Waals surface area contributed by atoms with Crippen LogP contribution in [0.1, 0.15) is 46.1 Å². The third kappa shape index (κ3) is 9.02. The molecule has 0 aliphatic carbocycles. The van der Waals surface area contributed by atoms with E-state index in [1.807, 2.05) is 6.92 Å². The number of nitrogen functional groups attached to an aromatic ring is 1. The fourth-order valence-corrected chi connectivity index (χ4v) is 2.03. The maximum absolute atomic E-state index is 12.3. The SMILES string of the molecule is C[C@@H](CCCc1cnc(N)c(OC(F)(F)F)c1)NC(=O)OC(C)(C)C. The minimum absolute atomic E-state index is 0.137. The van der Waals surface area contributed by atoms with Crippen LogP contribution in [0.5, 0.6) is 5.75 Å². The van der Waals surface area contributed by atoms with Crippen LogP contribution in [0.15, 0.2) is 12.3 Å². The number of nitrogens with one attached hydrogen (secondary N) is 1. The lowest BCUT2D eigenvalue weighted by Gasteiger charge is -2.22. The molecule has 0 spiro atoms. The van der Waals surface area contributed by atoms with Crippen LogP contribution in [-0.2, 0) is 11.2 Å². The highest BCUT2D eigenvalue weighted by Crippen LogP contribution is 2.28. The van der Waals surface area contributed by atoms with Crippen molar-refractivity contribution in [2.24, 2.45) is 0 Å². The standard InChI is InChI=1S/C16H24F3N3O3/c1-10(22-14(23)25-15(2,3)4)6-5-7-11-8-12(13(20)21-9-11)24-16(17,18)19/h8-10H,5-7H2,1-4H3,(H2,20,21)(H,22,23)/t10-/m0/s1. The van der Waals surface area contributed by atoms with Gasteiger partial charge in [0.15, 0.2) is 11.6 Å². The van der Waals surface area contributed by atoms with Crippen LogP contribution >= 0.6 is 0 Å². The summed E-state index contributed by atoms with van der Waals surface area (Å²) in [7, 11) is 0. The summed E-state index contributed by atoms with van der Waals surface area (Å²) in [6.07, 6.45) is -2.19. The summed E-state index contributed by atoms with van der Waals surface area (Å²) in [5, 5.41) is 2.70. The van der Waals surface area contributed by atoms with E-state index in [4.69, 9.17) is 10.5 Å². The third-order valence-electron chi connectivity index (χ3n) is 3.03. The predicted molar refractivity (Wildman–Crippen MR) is 87.1 cm³/mol. The maximum Gasteiger partial charge on any atom is 0.573 e. The van der Waals surface area contributed by atoms with Gasteiger partial charge in [0.05, 0.1) is 0 Å². The number of rotatable bonds is 6. The van der Waals surface area contributed by atoms with Crippen molar-refractivity contribution in [2.75, 3.05) is 5.73 Å². The van der Waals surface area contributed by atoms with Crippen LogP contribution < -0.4 is 15.8 Å². The molecule has 1 aromatic rings. The number of carbonyl (C=O) groups excluding carboxylic acids is 1. The monoisotopic (exact) mass is 363 g/mol. The molecule has 3 N–H and O–H groups in total. The van der Waals surface area contributed by atoms with Gasteiger partial charge in [-0.2, -0.15) is 0 Å². The number of aromatic nitrogens is 1. The highest BCUT2D eigenvalue weighted by atomic mass is 19.4. The first kappa shape index (κ1) is 20.9. The first-order chi connectivity index (χ1) is 11.4. The number of hydrogen-bond acceptors (Lipinski definition) is 5. The second kappa shape index (κ2) is 8.26. The number of alkyl halides is 3. The fourth-order valence-electron chi connectivity index (χ4n) is 2.03. The summed E-state index contributed by atoms with van der Waals surface area (Å²) in [5.41, 5.74) is 5.37. The normalized spacial score (nSPS) is 13.2. The molecule has 6 nitrogen and oxygen atoms in total. The molecule has 142 valence electrons. The topological polar surface area (TPSA) is 86.5 Å². The van der Waals surface area contributed by atoms with Crippen LogP contribution in [0.2, 0.25) is 0 Å². The zero-order valence-electron chi connectivity index (χ0n) is 14.7. The molecule has 0 aliphatic heterocycles. The van der Waals surface area contributed by atoms with E-state index in [0.717, 1.165) is 0 Å². The number of pyridine rings is 1. The predicted octanol–water partition coefficient (Wildman–Crippen LogP) is 3.80. The first-order valence-electron chi connectivity index (χ1n) is 7.85. The Hall–Kier alpha value is -2.19. The Kier molecular flexibility index (Phi) is 6.89. The number of anilines is 1. The molecular weight excluding hydrogens is 339 g/mol. The van der Waals surface area contributed by atoms with Gasteiger partial charge in [-0.3, -0.25) is 0 Å². The van der Waals surface area contributed by atoms with E-state index in [1.54, 1.807) is 20.8 Å². The fraction of sp³-hybridized carbons (Fsp3) is 0.625. The van der Waals surface area contributed by atoms with Gasteiger partial charge in [-0.15, -0.1) is 13.2 Å². The van der Waals surface area contributed by atoms with Crippen LogP contribution in [0.25, 0.3) is 0 Å². The highest BCUT2D eigenvalue weighted by Gasteiger charge is 2.32. The zero-order chi connectivity index (χ0) is 19.3. The van der Waals surface area contributed by atoms with E-state index in [2.05, 4.69) is 15.0 Å². The lowest BCUT2D eigenvalue weighted by atomic mass is 10.1. The van der Waals surface area contributed by atoms with E-state index in [-0.39, 0.29) is 11.9 Å². The molecule has 1 amide bonds. The second-order valence-electron chi connectivity index (χ2n) is 6.71. The Morgan fingerprint density at radius 1 is 1.36 bits per heavy atom. The average molecular weight is 363 g/mol. The van der Waals surface area contributed by atoms with Crippen molar-refractivity contribution in [3.05, 3.63) is 17.8 Å². The Bertz CT molecular complexity index is 586. The van der Waals surface area contributed by atoms with Gasteiger partial charge in [0.1, 0.15) is 5.60 Å². The van der Waals surface area contributed by atoms with Crippen LogP contribution in [0, 0.1) is 0 Å². The summed E-state index contributed by atoms with van der Waals surface area (Å²) in [6.45, 7) is 7.13.